The molecule has 4 heteroatoms. The lowest BCUT2D eigenvalue weighted by atomic mass is 10.1. The molecular weight excluding hydrogens is 328 g/mol. The Morgan fingerprint density at radius 3 is 2.04 bits per heavy atom. The quantitative estimate of drug-likeness (QED) is 0.486. The van der Waals surface area contributed by atoms with E-state index in [0.29, 0.717) is 31.6 Å². The number of carbonyl (C=O) groups excluding carboxylic acids is 2. The van der Waals surface area contributed by atoms with E-state index < -0.39 is 8.32 Å². The van der Waals surface area contributed by atoms with Crippen LogP contribution in [0, 0.1) is 5.92 Å². The highest BCUT2D eigenvalue weighted by atomic mass is 28.4. The molecule has 0 spiro atoms. The number of carbonyl (C=O) groups is 2. The lowest BCUT2D eigenvalue weighted by Crippen LogP contribution is -2.43. The lowest BCUT2D eigenvalue weighted by molar-refractivity contribution is -0.116. The largest absolute Gasteiger partial charge is 0.410 e. The fourth-order valence-electron chi connectivity index (χ4n) is 3.02. The Labute approximate surface area is 153 Å². The number of rotatable bonds is 6. The molecule has 0 saturated carbocycles. The third kappa shape index (κ3) is 5.11. The number of hydrogen-bond acceptors (Lipinski definition) is 3. The summed E-state index contributed by atoms with van der Waals surface area (Å²) in [6.45, 7) is 13.1. The van der Waals surface area contributed by atoms with Gasteiger partial charge in [-0.05, 0) is 54.1 Å². The minimum Gasteiger partial charge on any atom is -0.410 e. The first-order valence-electron chi connectivity index (χ1n) is 9.30. The summed E-state index contributed by atoms with van der Waals surface area (Å²) >= 11 is 0. The molecule has 0 unspecified atom stereocenters. The summed E-state index contributed by atoms with van der Waals surface area (Å²) in [7, 11) is -1.86. The summed E-state index contributed by atoms with van der Waals surface area (Å²) in [6.07, 6.45) is 10.4. The van der Waals surface area contributed by atoms with Crippen LogP contribution in [0.25, 0.3) is 0 Å². The summed E-state index contributed by atoms with van der Waals surface area (Å²) in [5.41, 5.74) is 1.76. The normalized spacial score (nSPS) is 25.0. The zero-order valence-corrected chi connectivity index (χ0v) is 17.5. The molecule has 2 rings (SSSR count). The third-order valence-electron chi connectivity index (χ3n) is 5.58. The predicted octanol–water partition coefficient (Wildman–Crippen LogP) is 5.15. The fraction of sp³-hybridized carbons (Fsp3) is 0.619. The van der Waals surface area contributed by atoms with Crippen molar-refractivity contribution in [3.63, 3.8) is 0 Å². The van der Waals surface area contributed by atoms with Crippen molar-refractivity contribution in [2.45, 2.75) is 77.6 Å². The highest BCUT2D eigenvalue weighted by molar-refractivity contribution is 6.74. The van der Waals surface area contributed by atoms with E-state index in [1.165, 1.54) is 0 Å². The number of allylic oxidation sites excluding steroid dienone is 5. The van der Waals surface area contributed by atoms with Crippen LogP contribution in [0.2, 0.25) is 18.1 Å². The Bertz CT molecular complexity index is 632. The monoisotopic (exact) mass is 360 g/mol. The van der Waals surface area contributed by atoms with Crippen molar-refractivity contribution in [3.8, 4) is 0 Å². The molecule has 0 aromatic carbocycles. The average Bonchev–Trinajstić information content (AvgIpc) is 2.95. The molecule has 0 fully saturated rings. The van der Waals surface area contributed by atoms with E-state index in [1.54, 1.807) is 0 Å². The van der Waals surface area contributed by atoms with Crippen molar-refractivity contribution in [2.24, 2.45) is 5.92 Å². The van der Waals surface area contributed by atoms with Crippen molar-refractivity contribution in [2.75, 3.05) is 0 Å². The molecule has 2 aliphatic rings. The molecule has 3 nitrogen and oxygen atoms in total. The van der Waals surface area contributed by atoms with Gasteiger partial charge in [-0.3, -0.25) is 9.59 Å². The van der Waals surface area contributed by atoms with Gasteiger partial charge in [-0.15, -0.1) is 0 Å². The second-order valence-electron chi connectivity index (χ2n) is 8.91. The van der Waals surface area contributed by atoms with Gasteiger partial charge in [0.1, 0.15) is 0 Å². The second kappa shape index (κ2) is 7.54. The van der Waals surface area contributed by atoms with Crippen molar-refractivity contribution >= 4 is 19.9 Å². The molecule has 0 saturated heterocycles. The Balaban J connectivity index is 1.90. The van der Waals surface area contributed by atoms with E-state index >= 15 is 0 Å². The van der Waals surface area contributed by atoms with E-state index in [1.807, 2.05) is 18.2 Å². The van der Waals surface area contributed by atoms with Crippen molar-refractivity contribution in [1.82, 2.24) is 0 Å². The van der Waals surface area contributed by atoms with Gasteiger partial charge in [0, 0.05) is 12.8 Å². The van der Waals surface area contributed by atoms with Crippen LogP contribution >= 0.6 is 0 Å². The maximum Gasteiger partial charge on any atom is 0.192 e. The molecule has 0 aliphatic heterocycles. The first-order chi connectivity index (χ1) is 11.5. The summed E-state index contributed by atoms with van der Waals surface area (Å²) in [4.78, 5) is 24.0. The minimum atomic E-state index is -1.86. The SMILES string of the molecule is C[C@H]1C=C(C/C=C/CC2=C[C@H](O[Si](C)(C)C(C)(C)C)CC2=O)C(=O)C1. The van der Waals surface area contributed by atoms with Gasteiger partial charge in [-0.2, -0.15) is 0 Å². The third-order valence-corrected chi connectivity index (χ3v) is 10.1. The van der Waals surface area contributed by atoms with Gasteiger partial charge in [0.05, 0.1) is 6.10 Å². The van der Waals surface area contributed by atoms with Crippen LogP contribution in [-0.4, -0.2) is 26.0 Å². The van der Waals surface area contributed by atoms with Gasteiger partial charge >= 0.3 is 0 Å². The smallest absolute Gasteiger partial charge is 0.192 e. The molecule has 0 aromatic heterocycles. The van der Waals surface area contributed by atoms with Crippen LogP contribution in [-0.2, 0) is 14.0 Å². The van der Waals surface area contributed by atoms with Gasteiger partial charge in [-0.25, -0.2) is 0 Å². The topological polar surface area (TPSA) is 43.4 Å². The van der Waals surface area contributed by atoms with Gasteiger partial charge in [0.25, 0.3) is 0 Å². The first-order valence-corrected chi connectivity index (χ1v) is 12.2. The summed E-state index contributed by atoms with van der Waals surface area (Å²) in [5, 5.41) is 0.144. The van der Waals surface area contributed by atoms with Gasteiger partial charge in [0.2, 0.25) is 0 Å². The Hall–Kier alpha value is -1.26. The highest BCUT2D eigenvalue weighted by Gasteiger charge is 2.40. The zero-order chi connectivity index (χ0) is 18.8. The molecule has 0 heterocycles. The second-order valence-corrected chi connectivity index (χ2v) is 13.7. The molecule has 25 heavy (non-hydrogen) atoms. The molecule has 0 amide bonds. The van der Waals surface area contributed by atoms with Crippen LogP contribution in [0.4, 0.5) is 0 Å². The number of ketones is 2. The summed E-state index contributed by atoms with van der Waals surface area (Å²) in [5.74, 6) is 0.817. The van der Waals surface area contributed by atoms with E-state index in [9.17, 15) is 9.59 Å². The van der Waals surface area contributed by atoms with Gasteiger partial charge in [0.15, 0.2) is 19.9 Å². The predicted molar refractivity (Wildman–Crippen MR) is 105 cm³/mol. The van der Waals surface area contributed by atoms with E-state index in [2.05, 4.69) is 46.9 Å². The van der Waals surface area contributed by atoms with E-state index in [0.717, 1.165) is 11.1 Å². The number of hydrogen-bond donors (Lipinski definition) is 0. The van der Waals surface area contributed by atoms with Crippen molar-refractivity contribution in [3.05, 3.63) is 35.5 Å². The standard InChI is InChI=1S/C21H32O3Si/c1-15-11-16(19(22)12-15)9-7-8-10-17-13-18(14-20(17)23)24-25(5,6)21(2,3)4/h7-8,11,13,15,18H,9-10,12,14H2,1-6H3/b8-7+/t15-,18-/m0/s1. The minimum absolute atomic E-state index is 0.0724. The Kier molecular flexibility index (Phi) is 6.05. The first kappa shape index (κ1) is 20.1. The van der Waals surface area contributed by atoms with Crippen LogP contribution in [0.1, 0.15) is 53.4 Å². The zero-order valence-electron chi connectivity index (χ0n) is 16.5. The van der Waals surface area contributed by atoms with Crippen LogP contribution in [0.3, 0.4) is 0 Å². The molecular formula is C21H32O3Si. The maximum absolute atomic E-state index is 12.2. The number of Topliss-reactive ketones (excluding diaryl/α,β-unsaturated/α-hetero) is 2. The van der Waals surface area contributed by atoms with Gasteiger partial charge < -0.3 is 4.43 Å². The summed E-state index contributed by atoms with van der Waals surface area (Å²) in [6, 6.07) is 0. The average molecular weight is 361 g/mol. The van der Waals surface area contributed by atoms with E-state index in [-0.39, 0.29) is 22.7 Å². The molecule has 0 radical (unpaired) electrons. The molecule has 0 N–H and O–H groups in total. The van der Waals surface area contributed by atoms with Crippen LogP contribution < -0.4 is 0 Å². The fourth-order valence-corrected chi connectivity index (χ4v) is 4.29. The summed E-state index contributed by atoms with van der Waals surface area (Å²) < 4.78 is 6.34. The lowest BCUT2D eigenvalue weighted by Gasteiger charge is -2.37. The van der Waals surface area contributed by atoms with E-state index in [4.69, 9.17) is 4.43 Å². The highest BCUT2D eigenvalue weighted by Crippen LogP contribution is 2.38. The van der Waals surface area contributed by atoms with Gasteiger partial charge in [-0.1, -0.05) is 45.9 Å². The molecule has 0 bridgehead atoms. The van der Waals surface area contributed by atoms with Crippen LogP contribution in [0.5, 0.6) is 0 Å². The van der Waals surface area contributed by atoms with Crippen molar-refractivity contribution < 1.29 is 14.0 Å². The van der Waals surface area contributed by atoms with Crippen molar-refractivity contribution in [1.29, 1.82) is 0 Å². The molecule has 0 aromatic rings. The molecule has 2 aliphatic carbocycles. The van der Waals surface area contributed by atoms with Crippen LogP contribution in [0.15, 0.2) is 35.5 Å². The Morgan fingerprint density at radius 2 is 1.56 bits per heavy atom. The Morgan fingerprint density at radius 1 is 1.04 bits per heavy atom. The molecule has 2 atom stereocenters. The molecule has 138 valence electrons. The maximum atomic E-state index is 12.2.